The van der Waals surface area contributed by atoms with Crippen molar-refractivity contribution in [3.05, 3.63) is 35.6 Å². The van der Waals surface area contributed by atoms with Gasteiger partial charge >= 0.3 is 0 Å². The smallest absolute Gasteiger partial charge is 0.127 e. The Bertz CT molecular complexity index is 328. The molecule has 3 heteroatoms. The number of nitrogens with one attached hydrogen (secondary N) is 1. The predicted molar refractivity (Wildman–Crippen MR) is 68.5 cm³/mol. The van der Waals surface area contributed by atoms with Crippen LogP contribution in [0.1, 0.15) is 32.4 Å². The molecule has 0 aromatic heterocycles. The minimum atomic E-state index is -0.157. The molecule has 96 valence electrons. The Balaban J connectivity index is 2.26. The van der Waals surface area contributed by atoms with E-state index in [1.807, 2.05) is 19.1 Å². The fraction of sp³-hybridized carbons (Fsp3) is 0.571. The second-order valence-corrected chi connectivity index (χ2v) is 4.67. The van der Waals surface area contributed by atoms with E-state index in [9.17, 15) is 4.39 Å². The molecule has 0 radical (unpaired) electrons. The van der Waals surface area contributed by atoms with E-state index in [0.717, 1.165) is 13.2 Å². The summed E-state index contributed by atoms with van der Waals surface area (Å²) in [5.41, 5.74) is 0.705. The van der Waals surface area contributed by atoms with Gasteiger partial charge in [0.2, 0.25) is 0 Å². The summed E-state index contributed by atoms with van der Waals surface area (Å²) in [5.74, 6) is 0.398. The molecule has 1 rings (SSSR count). The standard InChI is InChI=1S/C14H22FNO/c1-11(2)10-17-9-8-16-12(3)13-6-4-5-7-14(13)15/h4-7,11-12,16H,8-10H2,1-3H3/t12-/m1/s1. The van der Waals surface area contributed by atoms with Crippen molar-refractivity contribution in [2.45, 2.75) is 26.8 Å². The Kier molecular flexibility index (Phi) is 6.16. The van der Waals surface area contributed by atoms with Crippen molar-refractivity contribution in [3.63, 3.8) is 0 Å². The van der Waals surface area contributed by atoms with Gasteiger partial charge in [-0.05, 0) is 18.9 Å². The third kappa shape index (κ3) is 5.29. The molecule has 1 aromatic carbocycles. The first-order chi connectivity index (χ1) is 8.11. The molecule has 0 fully saturated rings. The Morgan fingerprint density at radius 3 is 2.59 bits per heavy atom. The van der Waals surface area contributed by atoms with Crippen LogP contribution in [0, 0.1) is 11.7 Å². The highest BCUT2D eigenvalue weighted by Crippen LogP contribution is 2.15. The number of ether oxygens (including phenoxy) is 1. The van der Waals surface area contributed by atoms with Crippen LogP contribution < -0.4 is 5.32 Å². The van der Waals surface area contributed by atoms with Gasteiger partial charge in [-0.2, -0.15) is 0 Å². The predicted octanol–water partition coefficient (Wildman–Crippen LogP) is 3.15. The zero-order chi connectivity index (χ0) is 12.7. The molecule has 0 aliphatic carbocycles. The van der Waals surface area contributed by atoms with Gasteiger partial charge < -0.3 is 10.1 Å². The zero-order valence-electron chi connectivity index (χ0n) is 10.9. The first kappa shape index (κ1) is 14.1. The summed E-state index contributed by atoms with van der Waals surface area (Å²) >= 11 is 0. The van der Waals surface area contributed by atoms with Crippen LogP contribution >= 0.6 is 0 Å². The van der Waals surface area contributed by atoms with Gasteiger partial charge in [0.25, 0.3) is 0 Å². The second-order valence-electron chi connectivity index (χ2n) is 4.67. The number of halogens is 1. The van der Waals surface area contributed by atoms with E-state index < -0.39 is 0 Å². The SMILES string of the molecule is CC(C)COCCN[C@H](C)c1ccccc1F. The van der Waals surface area contributed by atoms with Crippen molar-refractivity contribution >= 4 is 0 Å². The van der Waals surface area contributed by atoms with Crippen molar-refractivity contribution in [3.8, 4) is 0 Å². The first-order valence-electron chi connectivity index (χ1n) is 6.16. The molecule has 0 aliphatic heterocycles. The highest BCUT2D eigenvalue weighted by atomic mass is 19.1. The summed E-state index contributed by atoms with van der Waals surface area (Å²) in [6.45, 7) is 8.38. The average molecular weight is 239 g/mol. The lowest BCUT2D eigenvalue weighted by Crippen LogP contribution is -2.24. The molecule has 0 amide bonds. The van der Waals surface area contributed by atoms with E-state index in [-0.39, 0.29) is 11.9 Å². The lowest BCUT2D eigenvalue weighted by atomic mass is 10.1. The fourth-order valence-corrected chi connectivity index (χ4v) is 1.60. The van der Waals surface area contributed by atoms with Crippen LogP contribution in [0.2, 0.25) is 0 Å². The van der Waals surface area contributed by atoms with Gasteiger partial charge in [0.05, 0.1) is 6.61 Å². The number of hydrogen-bond acceptors (Lipinski definition) is 2. The Morgan fingerprint density at radius 1 is 1.24 bits per heavy atom. The molecule has 0 heterocycles. The van der Waals surface area contributed by atoms with Crippen molar-refractivity contribution in [2.75, 3.05) is 19.8 Å². The van der Waals surface area contributed by atoms with E-state index >= 15 is 0 Å². The van der Waals surface area contributed by atoms with E-state index in [1.165, 1.54) is 6.07 Å². The molecule has 1 aromatic rings. The van der Waals surface area contributed by atoms with Crippen LogP contribution in [0.4, 0.5) is 4.39 Å². The Hall–Kier alpha value is -0.930. The largest absolute Gasteiger partial charge is 0.380 e. The van der Waals surface area contributed by atoms with Gasteiger partial charge in [-0.25, -0.2) is 4.39 Å². The summed E-state index contributed by atoms with van der Waals surface area (Å²) in [6.07, 6.45) is 0. The molecule has 0 bridgehead atoms. The van der Waals surface area contributed by atoms with Crippen LogP contribution in [-0.4, -0.2) is 19.8 Å². The topological polar surface area (TPSA) is 21.3 Å². The molecule has 0 unspecified atom stereocenters. The molecule has 1 N–H and O–H groups in total. The van der Waals surface area contributed by atoms with E-state index in [1.54, 1.807) is 6.07 Å². The van der Waals surface area contributed by atoms with Crippen LogP contribution in [0.15, 0.2) is 24.3 Å². The van der Waals surface area contributed by atoms with Crippen LogP contribution in [-0.2, 0) is 4.74 Å². The lowest BCUT2D eigenvalue weighted by Gasteiger charge is -2.15. The van der Waals surface area contributed by atoms with Crippen LogP contribution in [0.5, 0.6) is 0 Å². The Labute approximate surface area is 103 Å². The molecule has 2 nitrogen and oxygen atoms in total. The molecule has 17 heavy (non-hydrogen) atoms. The maximum Gasteiger partial charge on any atom is 0.127 e. The third-order valence-corrected chi connectivity index (χ3v) is 2.52. The number of benzene rings is 1. The summed E-state index contributed by atoms with van der Waals surface area (Å²) in [4.78, 5) is 0. The summed E-state index contributed by atoms with van der Waals surface area (Å²) in [5, 5.41) is 3.25. The average Bonchev–Trinajstić information content (AvgIpc) is 2.28. The monoisotopic (exact) mass is 239 g/mol. The van der Waals surface area contributed by atoms with Gasteiger partial charge in [-0.3, -0.25) is 0 Å². The summed E-state index contributed by atoms with van der Waals surface area (Å²) < 4.78 is 18.9. The molecule has 0 spiro atoms. The lowest BCUT2D eigenvalue weighted by molar-refractivity contribution is 0.110. The molecular weight excluding hydrogens is 217 g/mol. The van der Waals surface area contributed by atoms with E-state index in [2.05, 4.69) is 19.2 Å². The maximum atomic E-state index is 13.4. The summed E-state index contributed by atoms with van der Waals surface area (Å²) in [6, 6.07) is 6.87. The fourth-order valence-electron chi connectivity index (χ4n) is 1.60. The van der Waals surface area contributed by atoms with Crippen LogP contribution in [0.3, 0.4) is 0 Å². The molecule has 0 saturated carbocycles. The van der Waals surface area contributed by atoms with Crippen LogP contribution in [0.25, 0.3) is 0 Å². The Morgan fingerprint density at radius 2 is 1.94 bits per heavy atom. The summed E-state index contributed by atoms with van der Waals surface area (Å²) in [7, 11) is 0. The quantitative estimate of drug-likeness (QED) is 0.738. The van der Waals surface area contributed by atoms with E-state index in [0.29, 0.717) is 18.1 Å². The maximum absolute atomic E-state index is 13.4. The first-order valence-corrected chi connectivity index (χ1v) is 6.16. The van der Waals surface area contributed by atoms with Gasteiger partial charge in [0.15, 0.2) is 0 Å². The second kappa shape index (κ2) is 7.41. The normalized spacial score (nSPS) is 13.0. The highest BCUT2D eigenvalue weighted by Gasteiger charge is 2.08. The van der Waals surface area contributed by atoms with Gasteiger partial charge in [-0.15, -0.1) is 0 Å². The highest BCUT2D eigenvalue weighted by molar-refractivity contribution is 5.20. The minimum absolute atomic E-state index is 0.0128. The van der Waals surface area contributed by atoms with Gasteiger partial charge in [0.1, 0.15) is 5.82 Å². The molecular formula is C14H22FNO. The van der Waals surface area contributed by atoms with Gasteiger partial charge in [0, 0.05) is 24.8 Å². The third-order valence-electron chi connectivity index (χ3n) is 2.52. The van der Waals surface area contributed by atoms with E-state index in [4.69, 9.17) is 4.74 Å². The van der Waals surface area contributed by atoms with Crippen molar-refractivity contribution in [1.82, 2.24) is 5.32 Å². The molecule has 1 atom stereocenters. The minimum Gasteiger partial charge on any atom is -0.380 e. The van der Waals surface area contributed by atoms with Gasteiger partial charge in [-0.1, -0.05) is 32.0 Å². The van der Waals surface area contributed by atoms with Crippen molar-refractivity contribution in [2.24, 2.45) is 5.92 Å². The molecule has 0 saturated heterocycles. The number of hydrogen-bond donors (Lipinski definition) is 1. The molecule has 0 aliphatic rings. The zero-order valence-corrected chi connectivity index (χ0v) is 10.9. The van der Waals surface area contributed by atoms with Crippen molar-refractivity contribution < 1.29 is 9.13 Å². The number of rotatable bonds is 7. The van der Waals surface area contributed by atoms with Crippen molar-refractivity contribution in [1.29, 1.82) is 0 Å².